The maximum absolute atomic E-state index is 13.1. The Labute approximate surface area is 195 Å². The molecular weight excluding hydrogens is 444 g/mol. The third kappa shape index (κ3) is 7.04. The first-order valence-electron chi connectivity index (χ1n) is 10.7. The van der Waals surface area contributed by atoms with Crippen LogP contribution in [0.3, 0.4) is 0 Å². The lowest BCUT2D eigenvalue weighted by Gasteiger charge is -2.25. The van der Waals surface area contributed by atoms with Crippen LogP contribution in [0.4, 0.5) is 0 Å². The minimum absolute atomic E-state index is 0.0140. The van der Waals surface area contributed by atoms with Gasteiger partial charge in [0.1, 0.15) is 18.1 Å². The van der Waals surface area contributed by atoms with E-state index in [0.29, 0.717) is 5.56 Å². The molecule has 2 aromatic rings. The lowest BCUT2D eigenvalue weighted by atomic mass is 10.0. The fraction of sp³-hybridized carbons (Fsp3) is 0.409. The average molecular weight is 475 g/mol. The highest BCUT2D eigenvalue weighted by molar-refractivity contribution is 5.96. The van der Waals surface area contributed by atoms with Gasteiger partial charge in [0.2, 0.25) is 23.6 Å². The van der Waals surface area contributed by atoms with Gasteiger partial charge in [0.25, 0.3) is 0 Å². The molecule has 0 spiro atoms. The summed E-state index contributed by atoms with van der Waals surface area (Å²) in [5.41, 5.74) is 12.0. The van der Waals surface area contributed by atoms with Gasteiger partial charge in [0.15, 0.2) is 0 Å². The molecule has 0 fully saturated rings. The van der Waals surface area contributed by atoms with Crippen LogP contribution < -0.4 is 27.4 Å². The second-order valence-electron chi connectivity index (χ2n) is 8.19. The first kappa shape index (κ1) is 26.3. The van der Waals surface area contributed by atoms with Crippen LogP contribution in [0, 0.1) is 5.92 Å². The van der Waals surface area contributed by atoms with Crippen molar-refractivity contribution in [2.75, 3.05) is 6.54 Å². The van der Waals surface area contributed by atoms with E-state index in [1.165, 1.54) is 0 Å². The van der Waals surface area contributed by atoms with Gasteiger partial charge < -0.3 is 37.5 Å². The van der Waals surface area contributed by atoms with Gasteiger partial charge in [-0.2, -0.15) is 0 Å². The Bertz CT molecular complexity index is 1070. The molecule has 3 atom stereocenters. The normalized spacial score (nSPS) is 13.6. The van der Waals surface area contributed by atoms with Crippen molar-refractivity contribution < 1.29 is 29.1 Å². The van der Waals surface area contributed by atoms with Crippen LogP contribution >= 0.6 is 0 Å². The number of rotatable bonds is 12. The Kier molecular flexibility index (Phi) is 9.13. The summed E-state index contributed by atoms with van der Waals surface area (Å²) in [7, 11) is 0. The Morgan fingerprint density at radius 2 is 1.65 bits per heavy atom. The number of para-hydroxylation sites is 1. The van der Waals surface area contributed by atoms with E-state index in [2.05, 4.69) is 20.9 Å². The number of amides is 4. The van der Waals surface area contributed by atoms with Crippen molar-refractivity contribution in [1.82, 2.24) is 20.9 Å². The van der Waals surface area contributed by atoms with Crippen LogP contribution in [0.5, 0.6) is 0 Å². The summed E-state index contributed by atoms with van der Waals surface area (Å²) in [5, 5.41) is 17.5. The van der Waals surface area contributed by atoms with E-state index in [1.807, 2.05) is 24.3 Å². The third-order valence-electron chi connectivity index (χ3n) is 5.20. The van der Waals surface area contributed by atoms with E-state index < -0.39 is 66.6 Å². The number of benzene rings is 1. The van der Waals surface area contributed by atoms with Gasteiger partial charge in [-0.05, 0) is 17.5 Å². The highest BCUT2D eigenvalue weighted by atomic mass is 16.4. The molecule has 0 saturated heterocycles. The van der Waals surface area contributed by atoms with Crippen molar-refractivity contribution in [3.8, 4) is 0 Å². The van der Waals surface area contributed by atoms with Gasteiger partial charge in [-0.15, -0.1) is 0 Å². The molecule has 0 aliphatic carbocycles. The smallest absolute Gasteiger partial charge is 0.326 e. The fourth-order valence-corrected chi connectivity index (χ4v) is 3.43. The summed E-state index contributed by atoms with van der Waals surface area (Å²) in [4.78, 5) is 63.8. The van der Waals surface area contributed by atoms with Crippen molar-refractivity contribution in [1.29, 1.82) is 0 Å². The van der Waals surface area contributed by atoms with Crippen LogP contribution in [0.1, 0.15) is 25.8 Å². The summed E-state index contributed by atoms with van der Waals surface area (Å²) in [6, 6.07) is 3.58. The molecule has 9 N–H and O–H groups in total. The molecule has 0 aliphatic heterocycles. The molecule has 1 aromatic heterocycles. The van der Waals surface area contributed by atoms with Crippen molar-refractivity contribution in [2.24, 2.45) is 17.4 Å². The minimum atomic E-state index is -1.35. The summed E-state index contributed by atoms with van der Waals surface area (Å²) >= 11 is 0. The molecule has 0 radical (unpaired) electrons. The third-order valence-corrected chi connectivity index (χ3v) is 5.20. The maximum atomic E-state index is 13.1. The number of nitrogens with one attached hydrogen (secondary N) is 4. The standard InChI is InChI=1S/C22H30N6O6/c1-11(2)19(22(33)34)28-21(32)15(7-12-10-25-14-6-4-3-5-13(12)14)27-20(31)16(8-17(24)29)26-18(30)9-23/h3-6,10-11,15-16,19,25H,7-9,23H2,1-2H3,(H2,24,29)(H,26,30)(H,27,31)(H,28,32)(H,33,34). The Hall–Kier alpha value is -3.93. The van der Waals surface area contributed by atoms with Crippen molar-refractivity contribution >= 4 is 40.5 Å². The zero-order valence-electron chi connectivity index (χ0n) is 19.0. The molecule has 0 bridgehead atoms. The number of aromatic amines is 1. The van der Waals surface area contributed by atoms with Crippen molar-refractivity contribution in [3.63, 3.8) is 0 Å². The number of H-pyrrole nitrogens is 1. The number of carbonyl (C=O) groups is 5. The molecule has 1 aromatic carbocycles. The number of aliphatic carboxylic acids is 1. The summed E-state index contributed by atoms with van der Waals surface area (Å²) in [6.45, 7) is 2.85. The van der Waals surface area contributed by atoms with E-state index in [9.17, 15) is 29.1 Å². The first-order valence-corrected chi connectivity index (χ1v) is 10.7. The molecule has 2 rings (SSSR count). The van der Waals surface area contributed by atoms with E-state index in [1.54, 1.807) is 20.0 Å². The topological polar surface area (TPSA) is 210 Å². The van der Waals surface area contributed by atoms with Crippen molar-refractivity contribution in [2.45, 2.75) is 44.8 Å². The van der Waals surface area contributed by atoms with E-state index in [4.69, 9.17) is 11.5 Å². The number of hydrogen-bond acceptors (Lipinski definition) is 6. The minimum Gasteiger partial charge on any atom is -0.480 e. The van der Waals surface area contributed by atoms with Crippen LogP contribution in [-0.2, 0) is 30.4 Å². The first-order chi connectivity index (χ1) is 16.0. The summed E-state index contributed by atoms with van der Waals surface area (Å²) < 4.78 is 0. The molecule has 12 nitrogen and oxygen atoms in total. The van der Waals surface area contributed by atoms with E-state index >= 15 is 0 Å². The van der Waals surface area contributed by atoms with Crippen LogP contribution in [0.15, 0.2) is 30.5 Å². The number of primary amides is 1. The van der Waals surface area contributed by atoms with Crippen LogP contribution in [0.25, 0.3) is 10.9 Å². The number of aromatic nitrogens is 1. The van der Waals surface area contributed by atoms with Gasteiger partial charge in [-0.1, -0.05) is 32.0 Å². The lowest BCUT2D eigenvalue weighted by molar-refractivity contribution is -0.143. The number of fused-ring (bicyclic) bond motifs is 1. The molecule has 34 heavy (non-hydrogen) atoms. The predicted octanol–water partition coefficient (Wildman–Crippen LogP) is -1.26. The summed E-state index contributed by atoms with van der Waals surface area (Å²) in [5.74, 6) is -4.75. The van der Waals surface area contributed by atoms with E-state index in [0.717, 1.165) is 10.9 Å². The second kappa shape index (κ2) is 11.8. The number of nitrogens with two attached hydrogens (primary N) is 2. The van der Waals surface area contributed by atoms with Gasteiger partial charge in [0.05, 0.1) is 13.0 Å². The quantitative estimate of drug-likeness (QED) is 0.198. The van der Waals surface area contributed by atoms with Gasteiger partial charge in [-0.25, -0.2) is 4.79 Å². The Balaban J connectivity index is 2.33. The molecule has 184 valence electrons. The molecule has 4 amide bonds. The van der Waals surface area contributed by atoms with Crippen LogP contribution in [-0.4, -0.2) is 64.4 Å². The second-order valence-corrected chi connectivity index (χ2v) is 8.19. The summed E-state index contributed by atoms with van der Waals surface area (Å²) in [6.07, 6.45) is 1.19. The SMILES string of the molecule is CC(C)C(NC(=O)C(Cc1c[nH]c2ccccc12)NC(=O)C(CC(N)=O)NC(=O)CN)C(=O)O. The average Bonchev–Trinajstić information content (AvgIpc) is 3.18. The zero-order valence-corrected chi connectivity index (χ0v) is 19.0. The molecule has 12 heteroatoms. The largest absolute Gasteiger partial charge is 0.480 e. The number of hydrogen-bond donors (Lipinski definition) is 7. The Morgan fingerprint density at radius 3 is 2.24 bits per heavy atom. The zero-order chi connectivity index (χ0) is 25.4. The highest BCUT2D eigenvalue weighted by Crippen LogP contribution is 2.19. The van der Waals surface area contributed by atoms with Crippen molar-refractivity contribution in [3.05, 3.63) is 36.0 Å². The molecule has 1 heterocycles. The molecule has 0 saturated carbocycles. The fourth-order valence-electron chi connectivity index (χ4n) is 3.43. The van der Waals surface area contributed by atoms with Gasteiger partial charge >= 0.3 is 5.97 Å². The van der Waals surface area contributed by atoms with Gasteiger partial charge in [0, 0.05) is 23.5 Å². The number of carbonyl (C=O) groups excluding carboxylic acids is 4. The lowest BCUT2D eigenvalue weighted by Crippen LogP contribution is -2.58. The maximum Gasteiger partial charge on any atom is 0.326 e. The van der Waals surface area contributed by atoms with Gasteiger partial charge in [-0.3, -0.25) is 19.2 Å². The van der Waals surface area contributed by atoms with Crippen LogP contribution in [0.2, 0.25) is 0 Å². The molecule has 3 unspecified atom stereocenters. The molecular formula is C22H30N6O6. The number of carboxylic acid groups (broad SMARTS) is 1. The highest BCUT2D eigenvalue weighted by Gasteiger charge is 2.31. The monoisotopic (exact) mass is 474 g/mol. The predicted molar refractivity (Wildman–Crippen MR) is 123 cm³/mol. The number of carboxylic acids is 1. The van der Waals surface area contributed by atoms with E-state index in [-0.39, 0.29) is 6.42 Å². The Morgan fingerprint density at radius 1 is 1.00 bits per heavy atom. The molecule has 0 aliphatic rings.